The predicted molar refractivity (Wildman–Crippen MR) is 241 cm³/mol. The van der Waals surface area contributed by atoms with Crippen LogP contribution in [0.1, 0.15) is 25.2 Å². The summed E-state index contributed by atoms with van der Waals surface area (Å²) in [6, 6.07) is 25.7. The number of rotatable bonds is 11. The first-order valence-corrected chi connectivity index (χ1v) is 23.7. The fourth-order valence-corrected chi connectivity index (χ4v) is 10.1. The highest BCUT2D eigenvalue weighted by Crippen LogP contribution is 2.50. The van der Waals surface area contributed by atoms with Crippen LogP contribution < -0.4 is 19.3 Å². The largest absolute Gasteiger partial charge is 0.501 e. The third kappa shape index (κ3) is 8.42. The summed E-state index contributed by atoms with van der Waals surface area (Å²) < 4.78 is 118. The van der Waals surface area contributed by atoms with Gasteiger partial charge in [-0.05, 0) is 91.3 Å². The number of imidazole rings is 1. The average molecular weight is 995 g/mol. The summed E-state index contributed by atoms with van der Waals surface area (Å²) in [5, 5.41) is 1.34. The van der Waals surface area contributed by atoms with Crippen molar-refractivity contribution in [2.45, 2.75) is 41.7 Å². The fourth-order valence-electron chi connectivity index (χ4n) is 7.37. The number of alkyl halides is 3. The van der Waals surface area contributed by atoms with Crippen molar-refractivity contribution in [3.8, 4) is 28.7 Å². The van der Waals surface area contributed by atoms with Crippen LogP contribution >= 0.6 is 46.4 Å². The number of aromatic nitrogens is 2. The van der Waals surface area contributed by atoms with Crippen molar-refractivity contribution in [3.05, 3.63) is 146 Å². The van der Waals surface area contributed by atoms with Crippen LogP contribution in [0.2, 0.25) is 20.1 Å². The summed E-state index contributed by atoms with van der Waals surface area (Å²) in [7, 11) is -7.51. The number of hydrogen-bond acceptors (Lipinski definition) is 9. The molecule has 2 heterocycles. The van der Waals surface area contributed by atoms with Crippen LogP contribution in [0.4, 0.5) is 34.6 Å². The smallest absolute Gasteiger partial charge is 0.457 e. The molecule has 64 heavy (non-hydrogen) atoms. The van der Waals surface area contributed by atoms with Gasteiger partial charge >= 0.3 is 5.51 Å². The van der Waals surface area contributed by atoms with Crippen molar-refractivity contribution in [1.82, 2.24) is 9.55 Å². The van der Waals surface area contributed by atoms with Gasteiger partial charge in [-0.2, -0.15) is 13.2 Å². The highest BCUT2D eigenvalue weighted by Gasteiger charge is 2.47. The highest BCUT2D eigenvalue weighted by molar-refractivity contribution is 7.92. The van der Waals surface area contributed by atoms with Gasteiger partial charge in [-0.25, -0.2) is 26.2 Å². The van der Waals surface area contributed by atoms with Crippen LogP contribution in [0.5, 0.6) is 23.0 Å². The van der Waals surface area contributed by atoms with E-state index in [0.717, 1.165) is 30.3 Å². The Morgan fingerprint density at radius 2 is 1.31 bits per heavy atom. The first kappa shape index (κ1) is 45.3. The quantitative estimate of drug-likeness (QED) is 0.117. The molecule has 0 saturated heterocycles. The van der Waals surface area contributed by atoms with E-state index >= 15 is 0 Å². The van der Waals surface area contributed by atoms with E-state index in [1.165, 1.54) is 37.3 Å². The Labute approximate surface area is 384 Å². The highest BCUT2D eigenvalue weighted by atomic mass is 35.5. The number of anilines is 3. The van der Waals surface area contributed by atoms with Gasteiger partial charge in [0.25, 0.3) is 9.84 Å². The summed E-state index contributed by atoms with van der Waals surface area (Å²) in [4.78, 5) is 7.64. The molecule has 0 fully saturated rings. The van der Waals surface area contributed by atoms with Crippen LogP contribution in [0.25, 0.3) is 16.7 Å². The number of nitrogens with zero attached hydrogens (tertiary/aromatic N) is 4. The fraction of sp³-hybridized carbons (Fsp3) is 0.159. The zero-order chi connectivity index (χ0) is 46.0. The van der Waals surface area contributed by atoms with Crippen molar-refractivity contribution in [2.24, 2.45) is 0 Å². The zero-order valence-corrected chi connectivity index (χ0v) is 38.1. The minimum Gasteiger partial charge on any atom is -0.457 e. The van der Waals surface area contributed by atoms with Crippen LogP contribution in [-0.2, 0) is 26.1 Å². The van der Waals surface area contributed by atoms with Gasteiger partial charge < -0.3 is 19.3 Å². The van der Waals surface area contributed by atoms with Gasteiger partial charge in [0.1, 0.15) is 46.3 Å². The maximum atomic E-state index is 14.6. The molecule has 8 rings (SSSR count). The molecule has 7 aromatic rings. The topological polar surface area (TPSA) is 111 Å². The van der Waals surface area contributed by atoms with Gasteiger partial charge in [-0.3, -0.25) is 4.57 Å². The number of ether oxygens (including phenoxy) is 2. The number of sulfone groups is 2. The van der Waals surface area contributed by atoms with E-state index in [9.17, 15) is 34.4 Å². The third-order valence-corrected chi connectivity index (χ3v) is 15.0. The van der Waals surface area contributed by atoms with E-state index in [2.05, 4.69) is 0 Å². The van der Waals surface area contributed by atoms with Crippen LogP contribution in [0.15, 0.2) is 119 Å². The van der Waals surface area contributed by atoms with Crippen molar-refractivity contribution in [3.63, 3.8) is 0 Å². The molecule has 0 N–H and O–H groups in total. The summed E-state index contributed by atoms with van der Waals surface area (Å²) in [6.07, 6.45) is -0.188. The summed E-state index contributed by atoms with van der Waals surface area (Å²) in [5.74, 6) is -0.370. The SMILES string of the molecule is CCS(=O)(=O)c1cc(F)cc(Oc2ccc(Cl)c(N3c4cc(Cc5nc6c(Cl)cccc6n5-c5cc(Oc6cccc(S(=O)(=O)C(F)(F)F)c6)ccc5Cl)cc(Cl)c4N(C)C3C)c2)c1. The van der Waals surface area contributed by atoms with Gasteiger partial charge in [0.2, 0.25) is 0 Å². The summed E-state index contributed by atoms with van der Waals surface area (Å²) in [5.41, 5.74) is -1.59. The van der Waals surface area contributed by atoms with E-state index < -0.39 is 35.9 Å². The second-order valence-electron chi connectivity index (χ2n) is 14.6. The van der Waals surface area contributed by atoms with Crippen molar-refractivity contribution < 1.29 is 43.9 Å². The Morgan fingerprint density at radius 3 is 2.00 bits per heavy atom. The minimum absolute atomic E-state index is 0.0246. The number of para-hydroxylation sites is 1. The number of hydrogen-bond donors (Lipinski definition) is 0. The molecular formula is C44H32Cl4F4N4O6S2. The molecule has 6 aromatic carbocycles. The lowest BCUT2D eigenvalue weighted by Gasteiger charge is -2.28. The molecular weight excluding hydrogens is 962 g/mol. The second kappa shape index (κ2) is 17.0. The molecule has 0 aliphatic carbocycles. The van der Waals surface area contributed by atoms with Crippen LogP contribution in [0.3, 0.4) is 0 Å². The average Bonchev–Trinajstić information content (AvgIpc) is 3.72. The van der Waals surface area contributed by atoms with Gasteiger partial charge in [0, 0.05) is 31.7 Å². The van der Waals surface area contributed by atoms with E-state index in [0.29, 0.717) is 60.2 Å². The van der Waals surface area contributed by atoms with Gasteiger partial charge in [-0.15, -0.1) is 0 Å². The van der Waals surface area contributed by atoms with E-state index in [1.807, 2.05) is 29.8 Å². The lowest BCUT2D eigenvalue weighted by molar-refractivity contribution is -0.0436. The Morgan fingerprint density at radius 1 is 0.688 bits per heavy atom. The Kier molecular flexibility index (Phi) is 12.0. The molecule has 0 saturated carbocycles. The first-order valence-electron chi connectivity index (χ1n) is 19.1. The zero-order valence-electron chi connectivity index (χ0n) is 33.5. The van der Waals surface area contributed by atoms with Crippen molar-refractivity contribution >= 4 is 94.2 Å². The molecule has 332 valence electrons. The van der Waals surface area contributed by atoms with E-state index in [1.54, 1.807) is 47.0 Å². The van der Waals surface area contributed by atoms with Gasteiger partial charge in [-0.1, -0.05) is 65.5 Å². The molecule has 1 aromatic heterocycles. The van der Waals surface area contributed by atoms with E-state index in [-0.39, 0.29) is 51.3 Å². The first-order chi connectivity index (χ1) is 30.2. The van der Waals surface area contributed by atoms with Crippen molar-refractivity contribution in [2.75, 3.05) is 22.6 Å². The monoisotopic (exact) mass is 992 g/mol. The standard InChI is InChI=1S/C44H32Cl4F4N4O6S2/c1-4-63(57,58)32-19-26(49)18-30(21-32)62-29-12-13-33(45)38(22-29)55-24(2)54(3)43-36(48)15-25(16-40(43)55)17-41-53-42-35(47)9-6-10-37(42)56(41)39-23-28(11-14-34(39)46)61-27-7-5-8-31(20-27)64(59,60)44(50,51)52/h5-16,18-24H,4,17H2,1-3H3. The molecule has 1 aliphatic heterocycles. The minimum atomic E-state index is -5.64. The number of halogens is 8. The van der Waals surface area contributed by atoms with E-state index in [4.69, 9.17) is 60.9 Å². The molecule has 1 atom stereocenters. The summed E-state index contributed by atoms with van der Waals surface area (Å²) in [6.45, 7) is 3.41. The molecule has 0 bridgehead atoms. The van der Waals surface area contributed by atoms with Gasteiger partial charge in [0.15, 0.2) is 9.84 Å². The molecule has 0 radical (unpaired) electrons. The van der Waals surface area contributed by atoms with Crippen LogP contribution in [-0.4, -0.2) is 50.9 Å². The number of fused-ring (bicyclic) bond motifs is 2. The Hall–Kier alpha value is -5.23. The Balaban J connectivity index is 1.17. The van der Waals surface area contributed by atoms with Crippen LogP contribution in [0, 0.1) is 5.82 Å². The van der Waals surface area contributed by atoms with Crippen molar-refractivity contribution in [1.29, 1.82) is 0 Å². The molecule has 10 nitrogen and oxygen atoms in total. The third-order valence-electron chi connectivity index (χ3n) is 10.5. The maximum absolute atomic E-state index is 14.6. The maximum Gasteiger partial charge on any atom is 0.501 e. The Bertz CT molecular complexity index is 3240. The lowest BCUT2D eigenvalue weighted by atomic mass is 10.1. The summed E-state index contributed by atoms with van der Waals surface area (Å²) >= 11 is 27.4. The molecule has 1 unspecified atom stereocenters. The molecule has 20 heteroatoms. The molecule has 1 aliphatic rings. The number of benzene rings is 6. The predicted octanol–water partition coefficient (Wildman–Crippen LogP) is 13.0. The second-order valence-corrected chi connectivity index (χ2v) is 20.4. The molecule has 0 spiro atoms. The van der Waals surface area contributed by atoms with Gasteiger partial charge in [0.05, 0.1) is 63.9 Å². The normalized spacial score (nSPS) is 14.3. The lowest BCUT2D eigenvalue weighted by Crippen LogP contribution is -2.35. The molecule has 0 amide bonds.